The summed E-state index contributed by atoms with van der Waals surface area (Å²) < 4.78 is 5.49. The third-order valence-electron chi connectivity index (χ3n) is 3.86. The Morgan fingerprint density at radius 3 is 2.72 bits per heavy atom. The Morgan fingerprint density at radius 1 is 1.28 bits per heavy atom. The second-order valence-electron chi connectivity index (χ2n) is 7.06. The molecular weight excluding hydrogens is 314 g/mol. The van der Waals surface area contributed by atoms with Gasteiger partial charge in [0, 0.05) is 5.56 Å². The van der Waals surface area contributed by atoms with Gasteiger partial charge in [0.15, 0.2) is 5.70 Å². The number of carbonyl (C=O) groups excluding carboxylic acids is 1. The predicted octanol–water partition coefficient (Wildman–Crippen LogP) is 3.63. The van der Waals surface area contributed by atoms with E-state index in [2.05, 4.69) is 11.1 Å². The molecule has 3 rings (SSSR count). The summed E-state index contributed by atoms with van der Waals surface area (Å²) in [4.78, 5) is 17.2. The van der Waals surface area contributed by atoms with Gasteiger partial charge >= 0.3 is 5.97 Å². The van der Waals surface area contributed by atoms with Crippen LogP contribution in [0.5, 0.6) is 0 Å². The Labute approximate surface area is 148 Å². The van der Waals surface area contributed by atoms with Gasteiger partial charge in [0.2, 0.25) is 0 Å². The molecule has 0 aromatic heterocycles. The van der Waals surface area contributed by atoms with Crippen molar-refractivity contribution in [3.8, 4) is 0 Å². The maximum absolute atomic E-state index is 12.6. The maximum Gasteiger partial charge on any atom is 0.359 e. The van der Waals surface area contributed by atoms with Gasteiger partial charge < -0.3 is 4.74 Å². The van der Waals surface area contributed by atoms with Crippen LogP contribution in [0.3, 0.4) is 0 Å². The summed E-state index contributed by atoms with van der Waals surface area (Å²) in [6, 6.07) is 7.75. The third kappa shape index (κ3) is 3.88. The smallest absolute Gasteiger partial charge is 0.359 e. The number of nitrogens with two attached hydrogens (primary N) is 1. The van der Waals surface area contributed by atoms with Crippen LogP contribution in [0.1, 0.15) is 39.2 Å². The SMILES string of the molecule is CC(C)(C)OC(=O)C1=CN(N)c2ccccc2C(C2=CC=CCC2)=N1. The molecule has 0 bridgehead atoms. The largest absolute Gasteiger partial charge is 0.455 e. The fourth-order valence-corrected chi connectivity index (χ4v) is 2.78. The van der Waals surface area contributed by atoms with Gasteiger partial charge in [-0.2, -0.15) is 0 Å². The van der Waals surface area contributed by atoms with E-state index in [0.29, 0.717) is 0 Å². The predicted molar refractivity (Wildman–Crippen MR) is 100 cm³/mol. The van der Waals surface area contributed by atoms with E-state index in [9.17, 15) is 4.79 Å². The Kier molecular flexibility index (Phi) is 4.59. The molecule has 5 nitrogen and oxygen atoms in total. The molecule has 0 unspecified atom stereocenters. The summed E-state index contributed by atoms with van der Waals surface area (Å²) in [5, 5.41) is 1.43. The molecule has 1 aliphatic carbocycles. The molecule has 1 aliphatic heterocycles. The van der Waals surface area contributed by atoms with Crippen molar-refractivity contribution in [2.45, 2.75) is 39.2 Å². The van der Waals surface area contributed by atoms with Gasteiger partial charge in [0.05, 0.1) is 17.6 Å². The van der Waals surface area contributed by atoms with Crippen molar-refractivity contribution in [3.05, 3.63) is 65.5 Å². The molecule has 25 heavy (non-hydrogen) atoms. The minimum absolute atomic E-state index is 0.194. The van der Waals surface area contributed by atoms with E-state index in [-0.39, 0.29) is 5.70 Å². The lowest BCUT2D eigenvalue weighted by Crippen LogP contribution is -2.28. The van der Waals surface area contributed by atoms with E-state index in [1.165, 1.54) is 11.2 Å². The van der Waals surface area contributed by atoms with Gasteiger partial charge in [-0.1, -0.05) is 36.4 Å². The summed E-state index contributed by atoms with van der Waals surface area (Å²) in [5.74, 6) is 5.69. The minimum atomic E-state index is -0.598. The van der Waals surface area contributed by atoms with Crippen molar-refractivity contribution in [2.24, 2.45) is 10.8 Å². The number of para-hydroxylation sites is 1. The molecule has 0 saturated carbocycles. The number of nitrogens with zero attached hydrogens (tertiary/aromatic N) is 2. The Hall–Kier alpha value is -2.66. The van der Waals surface area contributed by atoms with Gasteiger partial charge in [0.1, 0.15) is 5.60 Å². The van der Waals surface area contributed by atoms with Gasteiger partial charge in [-0.15, -0.1) is 0 Å². The number of carbonyl (C=O) groups is 1. The molecular formula is C20H23N3O2. The third-order valence-corrected chi connectivity index (χ3v) is 3.86. The molecule has 5 heteroatoms. The van der Waals surface area contributed by atoms with Crippen molar-refractivity contribution in [2.75, 3.05) is 5.01 Å². The molecule has 1 aromatic carbocycles. The lowest BCUT2D eigenvalue weighted by Gasteiger charge is -2.20. The molecule has 0 atom stereocenters. The van der Waals surface area contributed by atoms with Crippen LogP contribution >= 0.6 is 0 Å². The number of anilines is 1. The van der Waals surface area contributed by atoms with Crippen LogP contribution in [-0.2, 0) is 9.53 Å². The Morgan fingerprint density at radius 2 is 2.04 bits per heavy atom. The summed E-state index contributed by atoms with van der Waals surface area (Å²) in [6.45, 7) is 5.49. The molecule has 130 valence electrons. The number of fused-ring (bicyclic) bond motifs is 1. The highest BCUT2D eigenvalue weighted by atomic mass is 16.6. The van der Waals surface area contributed by atoms with E-state index in [1.54, 1.807) is 0 Å². The van der Waals surface area contributed by atoms with Gasteiger partial charge in [-0.25, -0.2) is 15.6 Å². The summed E-state index contributed by atoms with van der Waals surface area (Å²) in [7, 11) is 0. The van der Waals surface area contributed by atoms with Crippen molar-refractivity contribution in [3.63, 3.8) is 0 Å². The summed E-state index contributed by atoms with van der Waals surface area (Å²) >= 11 is 0. The Balaban J connectivity index is 2.10. The van der Waals surface area contributed by atoms with E-state index >= 15 is 0 Å². The zero-order valence-corrected chi connectivity index (χ0v) is 14.8. The van der Waals surface area contributed by atoms with E-state index in [4.69, 9.17) is 10.6 Å². The molecule has 1 aromatic rings. The number of allylic oxidation sites excluding steroid dienone is 4. The first kappa shape index (κ1) is 17.2. The molecule has 0 saturated heterocycles. The van der Waals surface area contributed by atoms with Crippen LogP contribution < -0.4 is 10.9 Å². The van der Waals surface area contributed by atoms with Crippen molar-refractivity contribution in [1.29, 1.82) is 0 Å². The molecule has 0 fully saturated rings. The standard InChI is InChI=1S/C20H23N3O2/c1-20(2,3)25-19(24)16-13-23(21)17-12-8-7-11-15(17)18(22-16)14-9-5-4-6-10-14/h4-5,7-9,11-13H,6,10,21H2,1-3H3. The van der Waals surface area contributed by atoms with Crippen LogP contribution in [0.4, 0.5) is 5.69 Å². The first-order valence-electron chi connectivity index (χ1n) is 8.38. The number of hydrogen-bond donors (Lipinski definition) is 1. The van der Waals surface area contributed by atoms with Crippen molar-refractivity contribution < 1.29 is 9.53 Å². The quantitative estimate of drug-likeness (QED) is 0.661. The molecule has 0 spiro atoms. The second kappa shape index (κ2) is 6.69. The topological polar surface area (TPSA) is 67.9 Å². The van der Waals surface area contributed by atoms with Crippen LogP contribution in [0.15, 0.2) is 65.0 Å². The first-order chi connectivity index (χ1) is 11.8. The Bertz CT molecular complexity index is 810. The molecule has 0 radical (unpaired) electrons. The number of esters is 1. The van der Waals surface area contributed by atoms with E-state index < -0.39 is 11.6 Å². The number of hydrazine groups is 1. The lowest BCUT2D eigenvalue weighted by molar-refractivity contribution is -0.149. The van der Waals surface area contributed by atoms with E-state index in [1.807, 2.05) is 57.2 Å². The van der Waals surface area contributed by atoms with Crippen LogP contribution in [0.2, 0.25) is 0 Å². The first-order valence-corrected chi connectivity index (χ1v) is 8.38. The van der Waals surface area contributed by atoms with Gasteiger partial charge in [-0.05, 0) is 45.3 Å². The van der Waals surface area contributed by atoms with Gasteiger partial charge in [-0.3, -0.25) is 5.01 Å². The fraction of sp³-hybridized carbons (Fsp3) is 0.300. The maximum atomic E-state index is 12.6. The van der Waals surface area contributed by atoms with Gasteiger partial charge in [0.25, 0.3) is 0 Å². The average Bonchev–Trinajstić information content (AvgIpc) is 2.72. The van der Waals surface area contributed by atoms with E-state index in [0.717, 1.165) is 35.4 Å². The molecule has 0 amide bonds. The number of benzene rings is 1. The molecule has 2 N–H and O–H groups in total. The highest BCUT2D eigenvalue weighted by Crippen LogP contribution is 2.29. The van der Waals surface area contributed by atoms with Crippen molar-refractivity contribution >= 4 is 17.4 Å². The number of rotatable bonds is 2. The fourth-order valence-electron chi connectivity index (χ4n) is 2.78. The number of aliphatic imine (C=N–C) groups is 1. The average molecular weight is 337 g/mol. The lowest BCUT2D eigenvalue weighted by atomic mass is 9.94. The number of ether oxygens (including phenoxy) is 1. The molecule has 2 aliphatic rings. The zero-order valence-electron chi connectivity index (χ0n) is 14.8. The van der Waals surface area contributed by atoms with Crippen LogP contribution in [-0.4, -0.2) is 17.3 Å². The second-order valence-corrected chi connectivity index (χ2v) is 7.06. The molecule has 1 heterocycles. The monoisotopic (exact) mass is 337 g/mol. The van der Waals surface area contributed by atoms with Crippen LogP contribution in [0, 0.1) is 0 Å². The number of hydrogen-bond acceptors (Lipinski definition) is 5. The minimum Gasteiger partial charge on any atom is -0.455 e. The highest BCUT2D eigenvalue weighted by molar-refractivity contribution is 6.18. The normalized spacial score (nSPS) is 17.1. The summed E-state index contributed by atoms with van der Waals surface area (Å²) in [5.41, 5.74) is 3.15. The summed E-state index contributed by atoms with van der Waals surface area (Å²) in [6.07, 6.45) is 9.52. The van der Waals surface area contributed by atoms with Crippen LogP contribution in [0.25, 0.3) is 0 Å². The van der Waals surface area contributed by atoms with Crippen molar-refractivity contribution in [1.82, 2.24) is 0 Å². The highest BCUT2D eigenvalue weighted by Gasteiger charge is 2.26. The zero-order chi connectivity index (χ0) is 18.0.